The number of nitrogens with zero attached hydrogens (tertiary/aromatic N) is 2. The molecule has 2 atom stereocenters. The van der Waals surface area contributed by atoms with E-state index < -0.39 is 17.1 Å². The number of benzene rings is 3. The molecule has 1 aliphatic heterocycles. The van der Waals surface area contributed by atoms with Crippen LogP contribution in [0.4, 0.5) is 11.4 Å². The van der Waals surface area contributed by atoms with E-state index in [0.29, 0.717) is 22.9 Å². The number of nitro benzene ring substituents is 1. The molecule has 158 valence electrons. The molecule has 0 bridgehead atoms. The Morgan fingerprint density at radius 2 is 1.61 bits per heavy atom. The minimum Gasteiger partial charge on any atom is -0.497 e. The molecule has 4 rings (SSSR count). The molecular formula is C23H20N2O6. The number of carbonyl (C=O) groups is 1. The number of β-lactam (4-membered cyclic amide) rings is 1. The minimum absolute atomic E-state index is 0.0939. The van der Waals surface area contributed by atoms with Gasteiger partial charge in [-0.15, -0.1) is 0 Å². The first kappa shape index (κ1) is 20.2. The lowest BCUT2D eigenvalue weighted by molar-refractivity contribution is -0.384. The molecular weight excluding hydrogens is 400 g/mol. The van der Waals surface area contributed by atoms with Crippen molar-refractivity contribution in [3.63, 3.8) is 0 Å². The van der Waals surface area contributed by atoms with Crippen molar-refractivity contribution in [3.8, 4) is 17.2 Å². The number of ether oxygens (including phenoxy) is 3. The maximum absolute atomic E-state index is 13.1. The van der Waals surface area contributed by atoms with Crippen molar-refractivity contribution in [1.82, 2.24) is 0 Å². The monoisotopic (exact) mass is 420 g/mol. The van der Waals surface area contributed by atoms with Crippen LogP contribution in [-0.2, 0) is 4.79 Å². The smallest absolute Gasteiger partial charge is 0.271 e. The normalized spacial score (nSPS) is 17.6. The first-order valence-electron chi connectivity index (χ1n) is 9.54. The number of methoxy groups -OCH3 is 2. The van der Waals surface area contributed by atoms with Crippen molar-refractivity contribution in [3.05, 3.63) is 88.5 Å². The lowest BCUT2D eigenvalue weighted by Gasteiger charge is -2.46. The van der Waals surface area contributed by atoms with Crippen LogP contribution < -0.4 is 19.1 Å². The van der Waals surface area contributed by atoms with Gasteiger partial charge >= 0.3 is 0 Å². The quantitative estimate of drug-likeness (QED) is 0.324. The van der Waals surface area contributed by atoms with Crippen LogP contribution in [0.25, 0.3) is 0 Å². The Bertz CT molecular complexity index is 1120. The van der Waals surface area contributed by atoms with Crippen LogP contribution in [0, 0.1) is 10.1 Å². The Hall–Kier alpha value is -4.07. The van der Waals surface area contributed by atoms with E-state index in [1.807, 2.05) is 18.2 Å². The molecule has 1 heterocycles. The van der Waals surface area contributed by atoms with Crippen molar-refractivity contribution in [2.75, 3.05) is 19.1 Å². The van der Waals surface area contributed by atoms with Crippen LogP contribution in [0.15, 0.2) is 72.8 Å². The minimum atomic E-state index is -0.816. The summed E-state index contributed by atoms with van der Waals surface area (Å²) in [7, 11) is 3.12. The number of anilines is 1. The highest BCUT2D eigenvalue weighted by molar-refractivity contribution is 6.05. The number of para-hydroxylation sites is 1. The fourth-order valence-corrected chi connectivity index (χ4v) is 3.64. The second-order valence-electron chi connectivity index (χ2n) is 6.89. The van der Waals surface area contributed by atoms with E-state index >= 15 is 0 Å². The topological polar surface area (TPSA) is 91.1 Å². The molecule has 0 radical (unpaired) electrons. The average molecular weight is 420 g/mol. The van der Waals surface area contributed by atoms with Gasteiger partial charge in [-0.1, -0.05) is 24.3 Å². The van der Waals surface area contributed by atoms with E-state index in [1.165, 1.54) is 17.0 Å². The van der Waals surface area contributed by atoms with Crippen molar-refractivity contribution in [2.45, 2.75) is 12.1 Å². The second-order valence-corrected chi connectivity index (χ2v) is 6.89. The molecule has 0 aliphatic carbocycles. The summed E-state index contributed by atoms with van der Waals surface area (Å²) < 4.78 is 16.7. The Kier molecular flexibility index (Phi) is 5.44. The Labute approximate surface area is 178 Å². The van der Waals surface area contributed by atoms with Gasteiger partial charge in [-0.2, -0.15) is 0 Å². The molecule has 8 heteroatoms. The van der Waals surface area contributed by atoms with Gasteiger partial charge in [0.1, 0.15) is 23.3 Å². The van der Waals surface area contributed by atoms with E-state index in [4.69, 9.17) is 14.2 Å². The third-order valence-corrected chi connectivity index (χ3v) is 5.14. The largest absolute Gasteiger partial charge is 0.497 e. The van der Waals surface area contributed by atoms with Gasteiger partial charge in [0.15, 0.2) is 0 Å². The average Bonchev–Trinajstić information content (AvgIpc) is 2.81. The number of rotatable bonds is 7. The van der Waals surface area contributed by atoms with Gasteiger partial charge in [-0.05, 0) is 36.4 Å². The van der Waals surface area contributed by atoms with Crippen LogP contribution in [0.2, 0.25) is 0 Å². The van der Waals surface area contributed by atoms with Crippen LogP contribution in [0.3, 0.4) is 0 Å². The molecule has 0 saturated carbocycles. The number of hydrogen-bond acceptors (Lipinski definition) is 6. The van der Waals surface area contributed by atoms with E-state index in [9.17, 15) is 14.9 Å². The van der Waals surface area contributed by atoms with Crippen LogP contribution in [0.5, 0.6) is 17.2 Å². The summed E-state index contributed by atoms with van der Waals surface area (Å²) in [6.45, 7) is 0. The fourth-order valence-electron chi connectivity index (χ4n) is 3.64. The van der Waals surface area contributed by atoms with Gasteiger partial charge < -0.3 is 14.2 Å². The summed E-state index contributed by atoms with van der Waals surface area (Å²) in [5.41, 5.74) is 1.07. The highest BCUT2D eigenvalue weighted by Crippen LogP contribution is 2.44. The zero-order valence-electron chi connectivity index (χ0n) is 16.9. The molecule has 3 aromatic rings. The number of carbonyl (C=O) groups excluding carboxylic acids is 1. The summed E-state index contributed by atoms with van der Waals surface area (Å²) in [6, 6.07) is 19.7. The summed E-state index contributed by atoms with van der Waals surface area (Å²) in [5.74, 6) is 1.48. The van der Waals surface area contributed by atoms with Crippen molar-refractivity contribution >= 4 is 17.3 Å². The number of amides is 1. The Balaban J connectivity index is 1.72. The van der Waals surface area contributed by atoms with Gasteiger partial charge in [-0.3, -0.25) is 19.8 Å². The lowest BCUT2D eigenvalue weighted by atomic mass is 9.89. The fraction of sp³-hybridized carbons (Fsp3) is 0.174. The summed E-state index contributed by atoms with van der Waals surface area (Å²) >= 11 is 0. The van der Waals surface area contributed by atoms with E-state index in [2.05, 4.69) is 0 Å². The second kappa shape index (κ2) is 8.35. The van der Waals surface area contributed by atoms with Gasteiger partial charge in [0.25, 0.3) is 11.6 Å². The first-order valence-corrected chi connectivity index (χ1v) is 9.54. The molecule has 3 aromatic carbocycles. The maximum Gasteiger partial charge on any atom is 0.271 e. The molecule has 0 aromatic heterocycles. The number of nitro groups is 1. The van der Waals surface area contributed by atoms with Crippen molar-refractivity contribution in [1.29, 1.82) is 0 Å². The van der Waals surface area contributed by atoms with Crippen LogP contribution in [-0.4, -0.2) is 31.2 Å². The number of non-ortho nitro benzene ring substituents is 1. The summed E-state index contributed by atoms with van der Waals surface area (Å²) in [5, 5.41) is 11.2. The third-order valence-electron chi connectivity index (χ3n) is 5.14. The predicted molar refractivity (Wildman–Crippen MR) is 114 cm³/mol. The zero-order chi connectivity index (χ0) is 22.0. The van der Waals surface area contributed by atoms with Gasteiger partial charge in [0.2, 0.25) is 6.10 Å². The highest BCUT2D eigenvalue weighted by Gasteiger charge is 2.52. The number of hydrogen-bond donors (Lipinski definition) is 0. The summed E-state index contributed by atoms with van der Waals surface area (Å²) in [6.07, 6.45) is -0.816. The molecule has 1 aliphatic rings. The third kappa shape index (κ3) is 3.75. The molecule has 1 amide bonds. The van der Waals surface area contributed by atoms with Gasteiger partial charge in [-0.25, -0.2) is 0 Å². The highest BCUT2D eigenvalue weighted by atomic mass is 16.6. The molecule has 0 N–H and O–H groups in total. The van der Waals surface area contributed by atoms with Crippen molar-refractivity contribution in [2.24, 2.45) is 0 Å². The van der Waals surface area contributed by atoms with Crippen molar-refractivity contribution < 1.29 is 23.9 Å². The SMILES string of the molecule is COc1ccc(O[C@@H]2C(=O)N(c3cccc([N+](=O)[O-])c3)[C@H]2c2ccccc2OC)cc1. The zero-order valence-corrected chi connectivity index (χ0v) is 16.9. The van der Waals surface area contributed by atoms with Crippen LogP contribution in [0.1, 0.15) is 11.6 Å². The molecule has 0 spiro atoms. The molecule has 1 fully saturated rings. The molecule has 8 nitrogen and oxygen atoms in total. The summed E-state index contributed by atoms with van der Waals surface area (Å²) in [4.78, 5) is 25.4. The van der Waals surface area contributed by atoms with E-state index in [0.717, 1.165) is 5.56 Å². The van der Waals surface area contributed by atoms with E-state index in [1.54, 1.807) is 56.7 Å². The first-order chi connectivity index (χ1) is 15.0. The van der Waals surface area contributed by atoms with Gasteiger partial charge in [0, 0.05) is 17.7 Å². The maximum atomic E-state index is 13.1. The Morgan fingerprint density at radius 3 is 2.29 bits per heavy atom. The van der Waals surface area contributed by atoms with Gasteiger partial charge in [0.05, 0.1) is 24.8 Å². The Morgan fingerprint density at radius 1 is 0.903 bits per heavy atom. The molecule has 0 unspecified atom stereocenters. The van der Waals surface area contributed by atoms with E-state index in [-0.39, 0.29) is 11.6 Å². The standard InChI is InChI=1S/C23H20N2O6/c1-29-17-10-12-18(13-11-17)31-22-21(19-8-3-4-9-20(19)30-2)24(23(22)26)15-6-5-7-16(14-15)25(27)28/h3-14,21-22H,1-2H3/t21-,22-/m0/s1. The van der Waals surface area contributed by atoms with Crippen LogP contribution >= 0.6 is 0 Å². The molecule has 31 heavy (non-hydrogen) atoms. The predicted octanol–water partition coefficient (Wildman–Crippen LogP) is 4.15. The lowest BCUT2D eigenvalue weighted by Crippen LogP contribution is -2.61. The molecule has 1 saturated heterocycles.